The molecule has 0 saturated carbocycles. The minimum absolute atomic E-state index is 0.215. The molecule has 0 aliphatic heterocycles. The zero-order valence-corrected chi connectivity index (χ0v) is 7.03. The second-order valence-corrected chi connectivity index (χ2v) is 2.85. The second-order valence-electron chi connectivity index (χ2n) is 1.93. The van der Waals surface area contributed by atoms with Crippen molar-refractivity contribution in [1.82, 2.24) is 0 Å². The highest BCUT2D eigenvalue weighted by Crippen LogP contribution is 2.26. The van der Waals surface area contributed by atoms with Crippen molar-refractivity contribution in [2.24, 2.45) is 0 Å². The summed E-state index contributed by atoms with van der Waals surface area (Å²) in [5.41, 5.74) is -0.928. The first kappa shape index (κ1) is 2.49. The van der Waals surface area contributed by atoms with Crippen molar-refractivity contribution in [1.29, 1.82) is 0 Å². The zero-order valence-electron chi connectivity index (χ0n) is 14.4. The smallest absolute Gasteiger partial charge is 0.124 e. The molecule has 0 radical (unpaired) electrons. The summed E-state index contributed by atoms with van der Waals surface area (Å²) in [7, 11) is -2.95. The van der Waals surface area contributed by atoms with E-state index in [0.29, 0.717) is 0 Å². The van der Waals surface area contributed by atoms with Crippen molar-refractivity contribution < 1.29 is 17.1 Å². The molecular formula is C9H11BrO. The quantitative estimate of drug-likeness (QED) is 0.712. The molecule has 0 aromatic heterocycles. The van der Waals surface area contributed by atoms with Crippen LogP contribution in [-0.4, -0.2) is 7.04 Å². The summed E-state index contributed by atoms with van der Waals surface area (Å²) in [5, 5.41) is 0. The maximum atomic E-state index is 7.38. The lowest BCUT2D eigenvalue weighted by Gasteiger charge is -2.07. The van der Waals surface area contributed by atoms with E-state index in [4.69, 9.17) is 12.3 Å². The molecule has 0 atom stereocenters. The maximum absolute atomic E-state index is 7.38. The summed E-state index contributed by atoms with van der Waals surface area (Å²) in [5.74, 6) is -0.645. The van der Waals surface area contributed by atoms with Gasteiger partial charge in [0.25, 0.3) is 0 Å². The highest BCUT2D eigenvalue weighted by atomic mass is 79.9. The minimum Gasteiger partial charge on any atom is -0.496 e. The number of rotatable bonds is 1. The minimum atomic E-state index is -2.95. The summed E-state index contributed by atoms with van der Waals surface area (Å²) in [6, 6.07) is 2.26. The molecule has 1 aromatic carbocycles. The third-order valence-corrected chi connectivity index (χ3v) is 1.61. The van der Waals surface area contributed by atoms with Crippen LogP contribution in [0.3, 0.4) is 0 Å². The highest BCUT2D eigenvalue weighted by molar-refractivity contribution is 9.10. The third-order valence-electron chi connectivity index (χ3n) is 1.16. The largest absolute Gasteiger partial charge is 0.496 e. The van der Waals surface area contributed by atoms with Crippen LogP contribution in [0.1, 0.15) is 23.5 Å². The molecule has 11 heavy (non-hydrogen) atoms. The van der Waals surface area contributed by atoms with Crippen LogP contribution in [0.2, 0.25) is 0 Å². The van der Waals surface area contributed by atoms with Crippen LogP contribution in [0.5, 0.6) is 5.75 Å². The number of aryl methyl sites for hydroxylation is 2. The molecular weight excluding hydrogens is 204 g/mol. The van der Waals surface area contributed by atoms with Crippen molar-refractivity contribution in [2.45, 2.75) is 13.7 Å². The maximum Gasteiger partial charge on any atom is 0.124 e. The molecule has 1 rings (SSSR count). The van der Waals surface area contributed by atoms with Crippen molar-refractivity contribution in [3.05, 3.63) is 27.7 Å². The lowest BCUT2D eigenvalue weighted by atomic mass is 10.1. The molecule has 0 N–H and O–H groups in total. The van der Waals surface area contributed by atoms with Gasteiger partial charge < -0.3 is 4.74 Å². The Hall–Kier alpha value is -0.500. The Bertz CT molecular complexity index is 465. The van der Waals surface area contributed by atoms with Crippen LogP contribution in [-0.2, 0) is 0 Å². The molecule has 1 aromatic rings. The van der Waals surface area contributed by atoms with Gasteiger partial charge in [0.2, 0.25) is 0 Å². The summed E-state index contributed by atoms with van der Waals surface area (Å²) in [6.07, 6.45) is 0. The number of halogens is 1. The van der Waals surface area contributed by atoms with Gasteiger partial charge in [-0.15, -0.1) is 0 Å². The molecule has 2 heteroatoms. The summed E-state index contributed by atoms with van der Waals surface area (Å²) >= 11 is 3.02. The molecule has 0 amide bonds. The molecule has 0 fully saturated rings. The molecule has 1 nitrogen and oxygen atoms in total. The number of benzene rings is 1. The van der Waals surface area contributed by atoms with E-state index in [-0.39, 0.29) is 4.47 Å². The molecule has 0 aliphatic rings. The average Bonchev–Trinajstić information content (AvgIpc) is 2.14. The van der Waals surface area contributed by atoms with E-state index in [0.717, 1.165) is 12.1 Å². The Morgan fingerprint density at radius 2 is 2.00 bits per heavy atom. The van der Waals surface area contributed by atoms with Gasteiger partial charge in [0.05, 0.1) is 11.2 Å². The van der Waals surface area contributed by atoms with Crippen molar-refractivity contribution in [3.63, 3.8) is 0 Å². The third kappa shape index (κ3) is 1.74. The predicted octanol–water partition coefficient (Wildman–Crippen LogP) is 3.07. The number of hydrogen-bond donors (Lipinski definition) is 0. The fourth-order valence-electron chi connectivity index (χ4n) is 0.704. The first-order valence-corrected chi connectivity index (χ1v) is 3.54. The van der Waals surface area contributed by atoms with Crippen molar-refractivity contribution in [2.75, 3.05) is 7.04 Å². The van der Waals surface area contributed by atoms with Crippen molar-refractivity contribution >= 4 is 15.9 Å². The van der Waals surface area contributed by atoms with Crippen LogP contribution in [0, 0.1) is 13.7 Å². The van der Waals surface area contributed by atoms with Gasteiger partial charge in [0.1, 0.15) is 5.75 Å². The standard InChI is InChI=1S/C9H11BrO/c1-6-4-8(10)5-7(2)9(6)11-3/h4-5H,1-3H3/i1D3,2D3,3D3. The normalized spacial score (nSPS) is 25.4. The fourth-order valence-corrected chi connectivity index (χ4v) is 1.16. The number of methoxy groups -OCH3 is 1. The van der Waals surface area contributed by atoms with Gasteiger partial charge >= 0.3 is 0 Å². The predicted molar refractivity (Wildman–Crippen MR) is 50.2 cm³/mol. The Morgan fingerprint density at radius 3 is 2.45 bits per heavy atom. The Labute approximate surface area is 88.2 Å². The second kappa shape index (κ2) is 3.26. The van der Waals surface area contributed by atoms with E-state index < -0.39 is 37.6 Å². The number of hydrogen-bond acceptors (Lipinski definition) is 1. The van der Waals surface area contributed by atoms with Gasteiger partial charge in [-0.25, -0.2) is 0 Å². The molecule has 0 saturated heterocycles. The van der Waals surface area contributed by atoms with Gasteiger partial charge in [-0.1, -0.05) is 15.9 Å². The first-order valence-electron chi connectivity index (χ1n) is 7.25. The van der Waals surface area contributed by atoms with E-state index in [9.17, 15) is 0 Å². The topological polar surface area (TPSA) is 9.23 Å². The van der Waals surface area contributed by atoms with Crippen LogP contribution in [0.25, 0.3) is 0 Å². The summed E-state index contributed by atoms with van der Waals surface area (Å²) < 4.78 is 70.3. The van der Waals surface area contributed by atoms with Gasteiger partial charge in [-0.2, -0.15) is 0 Å². The van der Waals surface area contributed by atoms with Crippen molar-refractivity contribution in [3.8, 4) is 5.75 Å². The van der Waals surface area contributed by atoms with Gasteiger partial charge in [-0.05, 0) is 37.0 Å². The van der Waals surface area contributed by atoms with Crippen LogP contribution >= 0.6 is 15.9 Å². The highest BCUT2D eigenvalue weighted by Gasteiger charge is 2.02. The van der Waals surface area contributed by atoms with Crippen LogP contribution < -0.4 is 4.74 Å². The monoisotopic (exact) mass is 223 g/mol. The Balaban J connectivity index is 3.63. The van der Waals surface area contributed by atoms with Gasteiger partial charge in [-0.3, -0.25) is 0 Å². The Kier molecular flexibility index (Phi) is 0.740. The molecule has 0 spiro atoms. The SMILES string of the molecule is [2H]C([2H])([2H])Oc1c(C([2H])([2H])[2H])cc(Br)cc1C([2H])([2H])[2H]. The summed E-state index contributed by atoms with van der Waals surface area (Å²) in [4.78, 5) is 0. The van der Waals surface area contributed by atoms with Crippen LogP contribution in [0.4, 0.5) is 0 Å². The Morgan fingerprint density at radius 1 is 1.36 bits per heavy atom. The van der Waals surface area contributed by atoms with E-state index in [1.165, 1.54) is 0 Å². The average molecular weight is 224 g/mol. The lowest BCUT2D eigenvalue weighted by molar-refractivity contribution is 0.408. The van der Waals surface area contributed by atoms with E-state index >= 15 is 0 Å². The molecule has 0 aliphatic carbocycles. The zero-order chi connectivity index (χ0) is 15.9. The van der Waals surface area contributed by atoms with Gasteiger partial charge in [0.15, 0.2) is 0 Å². The number of ether oxygens (including phenoxy) is 1. The molecule has 0 heterocycles. The van der Waals surface area contributed by atoms with E-state index in [1.54, 1.807) is 0 Å². The fraction of sp³-hybridized carbons (Fsp3) is 0.333. The van der Waals surface area contributed by atoms with E-state index in [1.807, 2.05) is 0 Å². The molecule has 60 valence electrons. The first-order chi connectivity index (χ1) is 8.72. The summed E-state index contributed by atoms with van der Waals surface area (Å²) in [6.45, 7) is -5.41. The molecule has 0 bridgehead atoms. The lowest BCUT2D eigenvalue weighted by Crippen LogP contribution is -1.90. The van der Waals surface area contributed by atoms with Crippen LogP contribution in [0.15, 0.2) is 16.6 Å². The van der Waals surface area contributed by atoms with Gasteiger partial charge in [0, 0.05) is 12.7 Å². The molecule has 0 unspecified atom stereocenters. The van der Waals surface area contributed by atoms with E-state index in [2.05, 4.69) is 20.7 Å².